The second-order valence-corrected chi connectivity index (χ2v) is 4.57. The molecule has 2 heteroatoms. The minimum Gasteiger partial charge on any atom is -0.301 e. The van der Waals surface area contributed by atoms with Crippen LogP contribution in [0.25, 0.3) is 0 Å². The summed E-state index contributed by atoms with van der Waals surface area (Å²) >= 11 is 0. The number of nitrogens with zero attached hydrogens (tertiary/aromatic N) is 2. The minimum atomic E-state index is 0.528. The fourth-order valence-corrected chi connectivity index (χ4v) is 2.37. The molecule has 0 saturated heterocycles. The van der Waals surface area contributed by atoms with Gasteiger partial charge in [0.05, 0.1) is 11.7 Å². The van der Waals surface area contributed by atoms with Gasteiger partial charge in [-0.15, -0.1) is 0 Å². The van der Waals surface area contributed by atoms with Gasteiger partial charge in [0.2, 0.25) is 0 Å². The molecule has 0 N–H and O–H groups in total. The third-order valence-corrected chi connectivity index (χ3v) is 3.29. The van der Waals surface area contributed by atoms with Crippen LogP contribution in [0.5, 0.6) is 0 Å². The molecular formula is C13H20N2. The van der Waals surface area contributed by atoms with Crippen molar-refractivity contribution in [3.63, 3.8) is 0 Å². The molecule has 0 spiro atoms. The molecule has 2 rings (SSSR count). The Labute approximate surface area is 92.3 Å². The second kappa shape index (κ2) is 4.31. The average Bonchev–Trinajstić information content (AvgIpc) is 2.27. The maximum Gasteiger partial charge on any atom is 0.0610 e. The Kier molecular flexibility index (Phi) is 3.06. The highest BCUT2D eigenvalue weighted by Crippen LogP contribution is 2.31. The lowest BCUT2D eigenvalue weighted by Crippen LogP contribution is -2.25. The molecule has 1 atom stereocenters. The van der Waals surface area contributed by atoms with E-state index in [9.17, 15) is 0 Å². The van der Waals surface area contributed by atoms with Gasteiger partial charge in [0.25, 0.3) is 0 Å². The first-order chi connectivity index (χ1) is 7.22. The van der Waals surface area contributed by atoms with E-state index in [0.29, 0.717) is 6.04 Å². The average molecular weight is 204 g/mol. The molecule has 0 fully saturated rings. The van der Waals surface area contributed by atoms with E-state index >= 15 is 0 Å². The Bertz CT molecular complexity index is 344. The Morgan fingerprint density at radius 1 is 1.40 bits per heavy atom. The molecule has 1 heterocycles. The number of hydrogen-bond donors (Lipinski definition) is 0. The molecule has 1 aromatic heterocycles. The Morgan fingerprint density at radius 3 is 2.87 bits per heavy atom. The SMILES string of the molecule is CCc1ccc2c(n1)C(N(C)C)CCC2. The minimum absolute atomic E-state index is 0.528. The predicted octanol–water partition coefficient (Wildman–Crippen LogP) is 2.58. The number of aryl methyl sites for hydroxylation is 2. The molecule has 0 bridgehead atoms. The van der Waals surface area contributed by atoms with Gasteiger partial charge < -0.3 is 4.90 Å². The molecule has 1 aromatic rings. The number of aromatic nitrogens is 1. The van der Waals surface area contributed by atoms with Crippen molar-refractivity contribution in [1.82, 2.24) is 9.88 Å². The Morgan fingerprint density at radius 2 is 2.20 bits per heavy atom. The number of rotatable bonds is 2. The van der Waals surface area contributed by atoms with Crippen LogP contribution in [0.2, 0.25) is 0 Å². The van der Waals surface area contributed by atoms with Crippen LogP contribution < -0.4 is 0 Å². The van der Waals surface area contributed by atoms with Crippen LogP contribution in [0.15, 0.2) is 12.1 Å². The molecule has 15 heavy (non-hydrogen) atoms. The van der Waals surface area contributed by atoms with Gasteiger partial charge in [0, 0.05) is 5.69 Å². The fourth-order valence-electron chi connectivity index (χ4n) is 2.37. The number of fused-ring (bicyclic) bond motifs is 1. The second-order valence-electron chi connectivity index (χ2n) is 4.57. The maximum atomic E-state index is 4.79. The van der Waals surface area contributed by atoms with E-state index in [4.69, 9.17) is 4.98 Å². The zero-order valence-corrected chi connectivity index (χ0v) is 9.95. The zero-order chi connectivity index (χ0) is 10.8. The van der Waals surface area contributed by atoms with Gasteiger partial charge in [-0.3, -0.25) is 4.98 Å². The van der Waals surface area contributed by atoms with Crippen LogP contribution in [-0.2, 0) is 12.8 Å². The molecule has 1 unspecified atom stereocenters. The highest BCUT2D eigenvalue weighted by molar-refractivity contribution is 5.28. The fraction of sp³-hybridized carbons (Fsp3) is 0.615. The third kappa shape index (κ3) is 2.05. The molecule has 1 aliphatic rings. The van der Waals surface area contributed by atoms with Crippen molar-refractivity contribution in [3.05, 3.63) is 29.1 Å². The molecule has 82 valence electrons. The van der Waals surface area contributed by atoms with Crippen LogP contribution in [0.3, 0.4) is 0 Å². The smallest absolute Gasteiger partial charge is 0.0610 e. The quantitative estimate of drug-likeness (QED) is 0.736. The van der Waals surface area contributed by atoms with Gasteiger partial charge in [-0.2, -0.15) is 0 Å². The first-order valence-electron chi connectivity index (χ1n) is 5.87. The van der Waals surface area contributed by atoms with Gasteiger partial charge in [-0.25, -0.2) is 0 Å². The highest BCUT2D eigenvalue weighted by atomic mass is 15.1. The van der Waals surface area contributed by atoms with Crippen LogP contribution in [-0.4, -0.2) is 24.0 Å². The Balaban J connectivity index is 2.39. The lowest BCUT2D eigenvalue weighted by Gasteiger charge is -2.30. The normalized spacial score (nSPS) is 20.4. The summed E-state index contributed by atoms with van der Waals surface area (Å²) in [5, 5.41) is 0. The molecule has 0 aliphatic heterocycles. The first-order valence-corrected chi connectivity index (χ1v) is 5.87. The van der Waals surface area contributed by atoms with Crippen molar-refractivity contribution in [2.24, 2.45) is 0 Å². The summed E-state index contributed by atoms with van der Waals surface area (Å²) in [4.78, 5) is 7.09. The highest BCUT2D eigenvalue weighted by Gasteiger charge is 2.23. The van der Waals surface area contributed by atoms with Gasteiger partial charge >= 0.3 is 0 Å². The molecular weight excluding hydrogens is 184 g/mol. The van der Waals surface area contributed by atoms with E-state index < -0.39 is 0 Å². The molecule has 2 nitrogen and oxygen atoms in total. The van der Waals surface area contributed by atoms with Crippen molar-refractivity contribution >= 4 is 0 Å². The van der Waals surface area contributed by atoms with E-state index in [-0.39, 0.29) is 0 Å². The topological polar surface area (TPSA) is 16.1 Å². The summed E-state index contributed by atoms with van der Waals surface area (Å²) < 4.78 is 0. The van der Waals surface area contributed by atoms with Crippen LogP contribution in [0, 0.1) is 0 Å². The third-order valence-electron chi connectivity index (χ3n) is 3.29. The summed E-state index contributed by atoms with van der Waals surface area (Å²) in [6, 6.07) is 4.98. The Hall–Kier alpha value is -0.890. The molecule has 0 amide bonds. The van der Waals surface area contributed by atoms with Gasteiger partial charge in [0.1, 0.15) is 0 Å². The summed E-state index contributed by atoms with van der Waals surface area (Å²) in [6.45, 7) is 2.17. The van der Waals surface area contributed by atoms with Crippen LogP contribution in [0.1, 0.15) is 42.8 Å². The van der Waals surface area contributed by atoms with E-state index in [1.54, 1.807) is 0 Å². The summed E-state index contributed by atoms with van der Waals surface area (Å²) in [5.41, 5.74) is 4.00. The predicted molar refractivity (Wildman–Crippen MR) is 63.0 cm³/mol. The summed E-state index contributed by atoms with van der Waals surface area (Å²) in [6.07, 6.45) is 4.78. The van der Waals surface area contributed by atoms with E-state index in [1.807, 2.05) is 0 Å². The van der Waals surface area contributed by atoms with Crippen molar-refractivity contribution in [2.45, 2.75) is 38.6 Å². The van der Waals surface area contributed by atoms with Crippen molar-refractivity contribution in [2.75, 3.05) is 14.1 Å². The lowest BCUT2D eigenvalue weighted by molar-refractivity contribution is 0.262. The van der Waals surface area contributed by atoms with Crippen molar-refractivity contribution < 1.29 is 0 Å². The molecule has 0 aromatic carbocycles. The van der Waals surface area contributed by atoms with E-state index in [1.165, 1.54) is 36.2 Å². The maximum absolute atomic E-state index is 4.79. The standard InChI is InChI=1S/C13H20N2/c1-4-11-9-8-10-6-5-7-12(15(2)3)13(10)14-11/h8-9,12H,4-7H2,1-3H3. The largest absolute Gasteiger partial charge is 0.301 e. The zero-order valence-electron chi connectivity index (χ0n) is 9.95. The van der Waals surface area contributed by atoms with Crippen LogP contribution in [0.4, 0.5) is 0 Å². The molecule has 1 aliphatic carbocycles. The van der Waals surface area contributed by atoms with Crippen molar-refractivity contribution in [1.29, 1.82) is 0 Å². The number of hydrogen-bond acceptors (Lipinski definition) is 2. The van der Waals surface area contributed by atoms with E-state index in [0.717, 1.165) is 6.42 Å². The van der Waals surface area contributed by atoms with E-state index in [2.05, 4.69) is 38.1 Å². The van der Waals surface area contributed by atoms with Crippen LogP contribution >= 0.6 is 0 Å². The van der Waals surface area contributed by atoms with Gasteiger partial charge in [-0.05, 0) is 51.4 Å². The monoisotopic (exact) mass is 204 g/mol. The first kappa shape index (κ1) is 10.6. The van der Waals surface area contributed by atoms with Gasteiger partial charge in [0.15, 0.2) is 0 Å². The van der Waals surface area contributed by atoms with Gasteiger partial charge in [-0.1, -0.05) is 13.0 Å². The summed E-state index contributed by atoms with van der Waals surface area (Å²) in [7, 11) is 4.31. The number of pyridine rings is 1. The van der Waals surface area contributed by atoms with Crippen molar-refractivity contribution in [3.8, 4) is 0 Å². The molecule has 0 radical (unpaired) electrons. The lowest BCUT2D eigenvalue weighted by atomic mass is 9.91. The molecule has 0 saturated carbocycles. The summed E-state index contributed by atoms with van der Waals surface area (Å²) in [5.74, 6) is 0.